The van der Waals surface area contributed by atoms with E-state index in [2.05, 4.69) is 15.1 Å². The van der Waals surface area contributed by atoms with E-state index in [1.165, 1.54) is 0 Å². The fourth-order valence-electron chi connectivity index (χ4n) is 4.32. The van der Waals surface area contributed by atoms with Crippen molar-refractivity contribution in [3.63, 3.8) is 0 Å². The number of nitrogens with zero attached hydrogens (tertiary/aromatic N) is 3. The lowest BCUT2D eigenvalue weighted by molar-refractivity contribution is 0.0963. The molecule has 0 amide bonds. The smallest absolute Gasteiger partial charge is 0.229 e. The number of methoxy groups -OCH3 is 2. The molecular formula is C23H22N4O3. The molecule has 7 heteroatoms. The Bertz CT molecular complexity index is 1240. The summed E-state index contributed by atoms with van der Waals surface area (Å²) in [5.41, 5.74) is 5.19. The minimum atomic E-state index is 0.0315. The average molecular weight is 402 g/mol. The molecule has 2 aromatic heterocycles. The Balaban J connectivity index is 1.58. The number of rotatable bonds is 4. The Morgan fingerprint density at radius 2 is 1.87 bits per heavy atom. The summed E-state index contributed by atoms with van der Waals surface area (Å²) in [6.07, 6.45) is 1.13. The number of H-pyrrole nitrogens is 1. The van der Waals surface area contributed by atoms with Crippen LogP contribution in [0.25, 0.3) is 17.0 Å². The highest BCUT2D eigenvalue weighted by atomic mass is 16.5. The second-order valence-corrected chi connectivity index (χ2v) is 7.54. The van der Waals surface area contributed by atoms with Crippen molar-refractivity contribution in [2.45, 2.75) is 25.7 Å². The van der Waals surface area contributed by atoms with Gasteiger partial charge in [0.15, 0.2) is 17.3 Å². The molecule has 1 N–H and O–H groups in total. The lowest BCUT2D eigenvalue weighted by Crippen LogP contribution is -2.21. The number of imidazole rings is 1. The molecule has 4 aromatic rings. The molecule has 0 unspecified atom stereocenters. The van der Waals surface area contributed by atoms with Crippen LogP contribution in [0.15, 0.2) is 42.5 Å². The lowest BCUT2D eigenvalue weighted by atomic mass is 9.81. The number of carbonyl (C=O) groups is 1. The maximum absolute atomic E-state index is 13.0. The van der Waals surface area contributed by atoms with Crippen LogP contribution in [-0.4, -0.2) is 39.8 Å². The Labute approximate surface area is 173 Å². The number of nitrogens with one attached hydrogen (secondary N) is 1. The van der Waals surface area contributed by atoms with Gasteiger partial charge in [0.2, 0.25) is 5.95 Å². The quantitative estimate of drug-likeness (QED) is 0.558. The Morgan fingerprint density at radius 3 is 2.63 bits per heavy atom. The molecule has 2 aromatic carbocycles. The van der Waals surface area contributed by atoms with E-state index in [-0.39, 0.29) is 11.7 Å². The molecule has 2 heterocycles. The van der Waals surface area contributed by atoms with E-state index in [1.54, 1.807) is 18.9 Å². The first kappa shape index (κ1) is 18.4. The van der Waals surface area contributed by atoms with Gasteiger partial charge in [-0.05, 0) is 49.1 Å². The molecule has 152 valence electrons. The van der Waals surface area contributed by atoms with Crippen molar-refractivity contribution in [1.82, 2.24) is 19.7 Å². The number of aromatic nitrogens is 4. The predicted molar refractivity (Wildman–Crippen MR) is 113 cm³/mol. The van der Waals surface area contributed by atoms with Crippen LogP contribution < -0.4 is 9.47 Å². The molecule has 1 aliphatic carbocycles. The monoisotopic (exact) mass is 402 g/mol. The summed E-state index contributed by atoms with van der Waals surface area (Å²) < 4.78 is 12.6. The number of benzene rings is 2. The summed E-state index contributed by atoms with van der Waals surface area (Å²) in [5, 5.41) is 4.65. The first-order chi connectivity index (χ1) is 14.6. The first-order valence-electron chi connectivity index (χ1n) is 9.87. The summed E-state index contributed by atoms with van der Waals surface area (Å²) in [5.74, 6) is 2.10. The average Bonchev–Trinajstić information content (AvgIpc) is 3.34. The van der Waals surface area contributed by atoms with Gasteiger partial charge in [0, 0.05) is 6.42 Å². The van der Waals surface area contributed by atoms with Crippen molar-refractivity contribution < 1.29 is 14.3 Å². The third-order valence-electron chi connectivity index (χ3n) is 5.76. The summed E-state index contributed by atoms with van der Waals surface area (Å²) in [7, 11) is 3.23. The van der Waals surface area contributed by atoms with Gasteiger partial charge in [0.05, 0.1) is 42.2 Å². The van der Waals surface area contributed by atoms with Crippen LogP contribution in [0, 0.1) is 6.92 Å². The van der Waals surface area contributed by atoms with Crippen molar-refractivity contribution in [2.24, 2.45) is 0 Å². The highest BCUT2D eigenvalue weighted by molar-refractivity contribution is 6.00. The van der Waals surface area contributed by atoms with Crippen molar-refractivity contribution in [3.8, 4) is 17.4 Å². The normalized spacial score (nSPS) is 16.0. The zero-order chi connectivity index (χ0) is 20.8. The van der Waals surface area contributed by atoms with Gasteiger partial charge in [-0.15, -0.1) is 0 Å². The van der Waals surface area contributed by atoms with Gasteiger partial charge in [-0.2, -0.15) is 5.10 Å². The fraction of sp³-hybridized carbons (Fsp3) is 0.261. The molecule has 0 radical (unpaired) electrons. The van der Waals surface area contributed by atoms with Crippen LogP contribution in [0.3, 0.4) is 0 Å². The predicted octanol–water partition coefficient (Wildman–Crippen LogP) is 3.99. The molecule has 1 aliphatic rings. The SMILES string of the molecule is COc1ccc([C@@H]2CC(=O)c3c(C)nn(-c4nc5ccccc5[nH]4)c3C2)cc1OC. The maximum Gasteiger partial charge on any atom is 0.229 e. The molecule has 30 heavy (non-hydrogen) atoms. The van der Waals surface area contributed by atoms with Crippen molar-refractivity contribution in [3.05, 3.63) is 65.0 Å². The Morgan fingerprint density at radius 1 is 1.07 bits per heavy atom. The number of aryl methyl sites for hydroxylation is 1. The first-order valence-corrected chi connectivity index (χ1v) is 9.87. The number of Topliss-reactive ketones (excluding diaryl/α,β-unsaturated/α-hetero) is 1. The van der Waals surface area contributed by atoms with Crippen LogP contribution in [0.1, 0.15) is 39.6 Å². The van der Waals surface area contributed by atoms with Crippen LogP contribution in [0.4, 0.5) is 0 Å². The van der Waals surface area contributed by atoms with Crippen molar-refractivity contribution in [2.75, 3.05) is 14.2 Å². The summed E-state index contributed by atoms with van der Waals surface area (Å²) in [4.78, 5) is 21.0. The molecule has 5 rings (SSSR count). The van der Waals surface area contributed by atoms with E-state index < -0.39 is 0 Å². The van der Waals surface area contributed by atoms with E-state index in [0.717, 1.165) is 28.0 Å². The van der Waals surface area contributed by atoms with Gasteiger partial charge in [0.25, 0.3) is 0 Å². The lowest BCUT2D eigenvalue weighted by Gasteiger charge is -2.23. The number of aromatic amines is 1. The highest BCUT2D eigenvalue weighted by Gasteiger charge is 2.33. The molecule has 0 aliphatic heterocycles. The largest absolute Gasteiger partial charge is 0.493 e. The molecule has 0 fully saturated rings. The number of ether oxygens (including phenoxy) is 2. The van der Waals surface area contributed by atoms with Gasteiger partial charge < -0.3 is 14.5 Å². The number of hydrogen-bond acceptors (Lipinski definition) is 5. The summed E-state index contributed by atoms with van der Waals surface area (Å²) >= 11 is 0. The highest BCUT2D eigenvalue weighted by Crippen LogP contribution is 2.38. The van der Waals surface area contributed by atoms with Gasteiger partial charge in [-0.3, -0.25) is 4.79 Å². The third kappa shape index (κ3) is 2.85. The molecule has 0 saturated heterocycles. The molecule has 7 nitrogen and oxygen atoms in total. The Kier molecular flexibility index (Phi) is 4.31. The summed E-state index contributed by atoms with van der Waals surface area (Å²) in [6.45, 7) is 1.88. The topological polar surface area (TPSA) is 82.0 Å². The second kappa shape index (κ2) is 7.02. The van der Waals surface area contributed by atoms with Gasteiger partial charge in [-0.1, -0.05) is 18.2 Å². The standard InChI is InChI=1S/C23H22N4O3/c1-13-22-18(27(26-13)23-24-16-6-4-5-7-17(16)25-23)10-15(11-19(22)28)14-8-9-20(29-2)21(12-14)30-3/h4-9,12,15H,10-11H2,1-3H3,(H,24,25)/t15-/m0/s1. The van der Waals surface area contributed by atoms with Crippen LogP contribution in [0.2, 0.25) is 0 Å². The van der Waals surface area contributed by atoms with Crippen LogP contribution in [-0.2, 0) is 6.42 Å². The van der Waals surface area contributed by atoms with E-state index in [0.29, 0.717) is 35.9 Å². The number of fused-ring (bicyclic) bond motifs is 2. The molecular weight excluding hydrogens is 380 g/mol. The zero-order valence-corrected chi connectivity index (χ0v) is 17.1. The minimum Gasteiger partial charge on any atom is -0.493 e. The number of para-hydroxylation sites is 2. The molecule has 1 atom stereocenters. The zero-order valence-electron chi connectivity index (χ0n) is 17.1. The minimum absolute atomic E-state index is 0.0315. The fourth-order valence-corrected chi connectivity index (χ4v) is 4.32. The number of hydrogen-bond donors (Lipinski definition) is 1. The molecule has 0 saturated carbocycles. The van der Waals surface area contributed by atoms with E-state index in [4.69, 9.17) is 9.47 Å². The number of carbonyl (C=O) groups excluding carboxylic acids is 1. The second-order valence-electron chi connectivity index (χ2n) is 7.54. The van der Waals surface area contributed by atoms with Gasteiger partial charge >= 0.3 is 0 Å². The van der Waals surface area contributed by atoms with Crippen LogP contribution in [0.5, 0.6) is 11.5 Å². The van der Waals surface area contributed by atoms with E-state index in [9.17, 15) is 4.79 Å². The summed E-state index contributed by atoms with van der Waals surface area (Å²) in [6, 6.07) is 13.7. The maximum atomic E-state index is 13.0. The van der Waals surface area contributed by atoms with Crippen molar-refractivity contribution >= 4 is 16.8 Å². The van der Waals surface area contributed by atoms with Gasteiger partial charge in [0.1, 0.15) is 0 Å². The van der Waals surface area contributed by atoms with Gasteiger partial charge in [-0.25, -0.2) is 9.67 Å². The Hall–Kier alpha value is -3.61. The van der Waals surface area contributed by atoms with Crippen LogP contribution >= 0.6 is 0 Å². The number of ketones is 1. The van der Waals surface area contributed by atoms with E-state index >= 15 is 0 Å². The van der Waals surface area contributed by atoms with Crippen molar-refractivity contribution in [1.29, 1.82) is 0 Å². The van der Waals surface area contributed by atoms with E-state index in [1.807, 2.05) is 49.4 Å². The third-order valence-corrected chi connectivity index (χ3v) is 5.76. The molecule has 0 bridgehead atoms. The molecule has 0 spiro atoms.